The summed E-state index contributed by atoms with van der Waals surface area (Å²) in [6, 6.07) is 12.2. The molecule has 4 N–H and O–H groups in total. The molecule has 1 saturated carbocycles. The van der Waals surface area contributed by atoms with Gasteiger partial charge in [0.15, 0.2) is 22.9 Å². The lowest BCUT2D eigenvalue weighted by Gasteiger charge is -2.34. The van der Waals surface area contributed by atoms with Gasteiger partial charge in [-0.05, 0) is 87.1 Å². The van der Waals surface area contributed by atoms with Gasteiger partial charge in [-0.1, -0.05) is 0 Å². The third-order valence-electron chi connectivity index (χ3n) is 13.9. The van der Waals surface area contributed by atoms with Crippen LogP contribution in [0.1, 0.15) is 51.0 Å². The Morgan fingerprint density at radius 2 is 1.32 bits per heavy atom. The number of rotatable bonds is 10. The van der Waals surface area contributed by atoms with Crippen molar-refractivity contribution in [1.29, 1.82) is 0 Å². The van der Waals surface area contributed by atoms with Gasteiger partial charge in [-0.15, -0.1) is 0 Å². The van der Waals surface area contributed by atoms with Gasteiger partial charge in [0.1, 0.15) is 30.9 Å². The Kier molecular flexibility index (Phi) is 12.3. The van der Waals surface area contributed by atoms with Crippen molar-refractivity contribution < 1.29 is 52.3 Å². The van der Waals surface area contributed by atoms with Crippen molar-refractivity contribution in [1.82, 2.24) is 44.8 Å². The van der Waals surface area contributed by atoms with Crippen molar-refractivity contribution in [3.8, 4) is 22.8 Å². The van der Waals surface area contributed by atoms with Crippen LogP contribution in [-0.2, 0) is 20.8 Å². The monoisotopic (exact) mass is 983 g/mol. The zero-order chi connectivity index (χ0) is 49.1. The summed E-state index contributed by atoms with van der Waals surface area (Å²) in [7, 11) is 1.40. The maximum Gasteiger partial charge on any atom is 0.434 e. The van der Waals surface area contributed by atoms with E-state index in [0.717, 1.165) is 51.6 Å². The van der Waals surface area contributed by atoms with E-state index in [0.29, 0.717) is 72.7 Å². The molecule has 4 saturated heterocycles. The SMILES string of the molecule is CNC(=O)N(c1ccc(-c2nc(N3CC4CCC(C3)O4)c3cnn(C4CCC(O)CC4)c3n2)cc1)N(C(=O)OCCO)c1ccc(-c2nc(N3CC4CC(O)C(C3)O4)c3cnn(CC(F)(F)F)c3n2)cc1. The summed E-state index contributed by atoms with van der Waals surface area (Å²) in [6.07, 6.45) is 1.01. The second-order valence-corrected chi connectivity index (χ2v) is 18.7. The molecule has 5 aliphatic rings. The number of aliphatic hydroxyl groups excluding tert-OH is 3. The number of anilines is 4. The molecule has 0 spiro atoms. The fourth-order valence-electron chi connectivity index (χ4n) is 10.5. The Labute approximate surface area is 403 Å². The zero-order valence-electron chi connectivity index (χ0n) is 38.6. The van der Waals surface area contributed by atoms with Gasteiger partial charge < -0.3 is 44.6 Å². The molecule has 8 heterocycles. The van der Waals surface area contributed by atoms with Gasteiger partial charge >= 0.3 is 18.3 Å². The standard InChI is InChI=1S/C47H52F3N13O8/c1-51-45(67)62(29-6-2-27(3-7-29)40-55-42(58-21-32-14-15-33(22-58)70-32)36-20-53-61(44(36)57-40)28-10-12-31(65)13-11-28)63(46(68)69-17-16-64)30-8-4-26(5-9-30)39-54-41(59-23-34-18-37(66)38(24-59)71-34)35-19-52-60(43(35)56-39)25-47(48,49)50/h2-9,19-20,28,31-34,37-38,64-66H,10-18,21-25H2,1H3,(H,51,67). The van der Waals surface area contributed by atoms with Gasteiger partial charge in [-0.2, -0.15) is 33.4 Å². The van der Waals surface area contributed by atoms with Crippen LogP contribution in [0.3, 0.4) is 0 Å². The van der Waals surface area contributed by atoms with Crippen LogP contribution in [0.25, 0.3) is 44.8 Å². The highest BCUT2D eigenvalue weighted by molar-refractivity contribution is 6.04. The number of hydrazine groups is 1. The first-order valence-corrected chi connectivity index (χ1v) is 23.8. The number of carbonyl (C=O) groups excluding carboxylic acids is 2. The van der Waals surface area contributed by atoms with Crippen molar-refractivity contribution in [2.45, 2.75) is 100 Å². The summed E-state index contributed by atoms with van der Waals surface area (Å²) in [4.78, 5) is 51.6. The molecule has 21 nitrogen and oxygen atoms in total. The Morgan fingerprint density at radius 3 is 1.93 bits per heavy atom. The number of hydrogen-bond acceptors (Lipinski definition) is 16. The summed E-state index contributed by atoms with van der Waals surface area (Å²) >= 11 is 0. The predicted molar refractivity (Wildman–Crippen MR) is 251 cm³/mol. The summed E-state index contributed by atoms with van der Waals surface area (Å²) in [5, 5.41) is 45.1. The van der Waals surface area contributed by atoms with Crippen LogP contribution in [0.2, 0.25) is 0 Å². The lowest BCUT2D eigenvalue weighted by Crippen LogP contribution is -2.54. The molecule has 71 heavy (non-hydrogen) atoms. The first kappa shape index (κ1) is 46.6. The third kappa shape index (κ3) is 9.13. The number of ether oxygens (including phenoxy) is 3. The number of morpholine rings is 2. The average molecular weight is 984 g/mol. The van der Waals surface area contributed by atoms with Gasteiger partial charge in [0, 0.05) is 50.8 Å². The van der Waals surface area contributed by atoms with Gasteiger partial charge in [0.2, 0.25) is 0 Å². The lowest BCUT2D eigenvalue weighted by molar-refractivity contribution is -0.141. The van der Waals surface area contributed by atoms with Crippen molar-refractivity contribution in [2.24, 2.45) is 0 Å². The number of hydrogen-bond donors (Lipinski definition) is 4. The topological polar surface area (TPSA) is 235 Å². The Bertz CT molecular complexity index is 2920. The number of alkyl halides is 3. The summed E-state index contributed by atoms with van der Waals surface area (Å²) in [5.74, 6) is 1.54. The number of urea groups is 1. The highest BCUT2D eigenvalue weighted by Crippen LogP contribution is 2.39. The quantitative estimate of drug-likeness (QED) is 0.136. The molecule has 5 fully saturated rings. The second-order valence-electron chi connectivity index (χ2n) is 18.7. The van der Waals surface area contributed by atoms with Crippen LogP contribution >= 0.6 is 0 Å². The number of nitrogens with zero attached hydrogens (tertiary/aromatic N) is 12. The minimum atomic E-state index is -4.60. The van der Waals surface area contributed by atoms with Crippen molar-refractivity contribution >= 4 is 57.2 Å². The van der Waals surface area contributed by atoms with E-state index < -0.39 is 43.7 Å². The van der Waals surface area contributed by atoms with Crippen LogP contribution in [0.5, 0.6) is 0 Å². The predicted octanol–water partition coefficient (Wildman–Crippen LogP) is 4.74. The molecule has 0 radical (unpaired) electrons. The summed E-state index contributed by atoms with van der Waals surface area (Å²) in [6.45, 7) is -0.360. The third-order valence-corrected chi connectivity index (χ3v) is 13.9. The molecule has 6 aromatic rings. The molecular weight excluding hydrogens is 932 g/mol. The lowest BCUT2D eigenvalue weighted by atomic mass is 9.93. The maximum absolute atomic E-state index is 14.0. The van der Waals surface area contributed by atoms with E-state index in [9.17, 15) is 38.1 Å². The minimum absolute atomic E-state index is 0.0455. The van der Waals surface area contributed by atoms with Gasteiger partial charge in [0.25, 0.3) is 0 Å². The Balaban J connectivity index is 0.941. The van der Waals surface area contributed by atoms with Crippen LogP contribution in [0.15, 0.2) is 60.9 Å². The van der Waals surface area contributed by atoms with Crippen molar-refractivity contribution in [3.63, 3.8) is 0 Å². The van der Waals surface area contributed by atoms with E-state index in [2.05, 4.69) is 20.3 Å². The second kappa shape index (κ2) is 18.8. The smallest absolute Gasteiger partial charge is 0.434 e. The molecule has 374 valence electrons. The van der Waals surface area contributed by atoms with E-state index in [1.807, 2.05) is 15.8 Å². The molecule has 3 amide bonds. The van der Waals surface area contributed by atoms with E-state index in [1.54, 1.807) is 36.4 Å². The minimum Gasteiger partial charge on any atom is -0.445 e. The van der Waals surface area contributed by atoms with Gasteiger partial charge in [0.05, 0.1) is 77.7 Å². The molecule has 1 aliphatic carbocycles. The molecular formula is C47H52F3N13O8. The number of fused-ring (bicyclic) bond motifs is 6. The molecule has 4 bridgehead atoms. The van der Waals surface area contributed by atoms with Crippen LogP contribution < -0.4 is 25.1 Å². The first-order chi connectivity index (χ1) is 34.3. The molecule has 5 atom stereocenters. The number of halogens is 3. The van der Waals surface area contributed by atoms with Gasteiger partial charge in [-0.3, -0.25) is 0 Å². The Hall–Kier alpha value is -6.73. The number of nitrogens with one attached hydrogen (secondary N) is 1. The number of aromatic nitrogens is 8. The summed E-state index contributed by atoms with van der Waals surface area (Å²) in [5.41, 5.74) is 1.95. The first-order valence-electron chi connectivity index (χ1n) is 23.8. The molecule has 4 aliphatic heterocycles. The van der Waals surface area contributed by atoms with Crippen molar-refractivity contribution in [2.75, 3.05) is 66.3 Å². The normalized spacial score (nSPS) is 24.2. The molecule has 2 aromatic carbocycles. The summed E-state index contributed by atoms with van der Waals surface area (Å²) < 4.78 is 61.5. The molecule has 11 rings (SSSR count). The molecule has 24 heteroatoms. The number of carbonyl (C=O) groups is 2. The van der Waals surface area contributed by atoms with E-state index in [1.165, 1.54) is 25.4 Å². The van der Waals surface area contributed by atoms with Crippen LogP contribution in [-0.4, -0.2) is 156 Å². The highest BCUT2D eigenvalue weighted by Gasteiger charge is 2.42. The van der Waals surface area contributed by atoms with E-state index >= 15 is 0 Å². The fraction of sp³-hybridized carbons (Fsp3) is 0.489. The molecule has 4 aromatic heterocycles. The zero-order valence-corrected chi connectivity index (χ0v) is 38.6. The Morgan fingerprint density at radius 1 is 0.746 bits per heavy atom. The van der Waals surface area contributed by atoms with Gasteiger partial charge in [-0.25, -0.2) is 38.9 Å². The van der Waals surface area contributed by atoms with Crippen LogP contribution in [0, 0.1) is 0 Å². The largest absolute Gasteiger partial charge is 0.445 e. The van der Waals surface area contributed by atoms with E-state index in [4.69, 9.17) is 34.3 Å². The fourth-order valence-corrected chi connectivity index (χ4v) is 10.5. The maximum atomic E-state index is 14.0. The van der Waals surface area contributed by atoms with E-state index in [-0.39, 0.29) is 66.5 Å². The van der Waals surface area contributed by atoms with Crippen LogP contribution in [0.4, 0.5) is 45.8 Å². The highest BCUT2D eigenvalue weighted by atomic mass is 19.4. The van der Waals surface area contributed by atoms with Crippen molar-refractivity contribution in [3.05, 3.63) is 60.9 Å². The number of benzene rings is 2. The number of amides is 3. The number of aliphatic hydroxyl groups is 3. The molecule has 5 unspecified atom stereocenters. The average Bonchev–Trinajstić information content (AvgIpc) is 4.14.